The second-order valence-electron chi connectivity index (χ2n) is 4.08. The molecule has 0 heterocycles. The summed E-state index contributed by atoms with van der Waals surface area (Å²) in [6.45, 7) is 0. The predicted octanol–water partition coefficient (Wildman–Crippen LogP) is 4.08. The fourth-order valence-electron chi connectivity index (χ4n) is 1.62. The van der Waals surface area contributed by atoms with Crippen LogP contribution in [-0.2, 0) is 0 Å². The number of benzene rings is 2. The van der Waals surface area contributed by atoms with Crippen molar-refractivity contribution < 1.29 is 19.1 Å². The first kappa shape index (κ1) is 15.3. The maximum absolute atomic E-state index is 13.6. The molecule has 2 aromatic rings. The van der Waals surface area contributed by atoms with Crippen molar-refractivity contribution in [2.24, 2.45) is 0 Å². The fourth-order valence-corrected chi connectivity index (χ4v) is 1.94. The molecule has 0 aromatic heterocycles. The average molecular weight is 328 g/mol. The Labute approximate surface area is 129 Å². The van der Waals surface area contributed by atoms with Crippen molar-refractivity contribution in [3.63, 3.8) is 0 Å². The number of carboxylic acids is 1. The maximum atomic E-state index is 13.6. The Kier molecular flexibility index (Phi) is 4.45. The number of hydrogen-bond donors (Lipinski definition) is 2. The molecule has 1 amide bonds. The molecule has 0 saturated carbocycles. The van der Waals surface area contributed by atoms with Gasteiger partial charge in [-0.2, -0.15) is 0 Å². The molecule has 0 saturated heterocycles. The van der Waals surface area contributed by atoms with E-state index >= 15 is 0 Å². The van der Waals surface area contributed by atoms with Gasteiger partial charge in [0.15, 0.2) is 0 Å². The Bertz CT molecular complexity index is 734. The van der Waals surface area contributed by atoms with Crippen LogP contribution in [-0.4, -0.2) is 17.0 Å². The van der Waals surface area contributed by atoms with Crippen LogP contribution in [0.3, 0.4) is 0 Å². The van der Waals surface area contributed by atoms with Crippen LogP contribution >= 0.6 is 23.2 Å². The zero-order chi connectivity index (χ0) is 15.6. The first-order chi connectivity index (χ1) is 9.88. The van der Waals surface area contributed by atoms with Gasteiger partial charge in [0.2, 0.25) is 0 Å². The van der Waals surface area contributed by atoms with Gasteiger partial charge in [-0.05, 0) is 36.4 Å². The molecular weight excluding hydrogens is 320 g/mol. The summed E-state index contributed by atoms with van der Waals surface area (Å²) in [6.07, 6.45) is 0. The molecular formula is C14H8Cl2FNO3. The predicted molar refractivity (Wildman–Crippen MR) is 77.8 cm³/mol. The number of nitrogens with one attached hydrogen (secondary N) is 1. The smallest absolute Gasteiger partial charge is 0.335 e. The van der Waals surface area contributed by atoms with Crippen LogP contribution in [0.1, 0.15) is 20.7 Å². The van der Waals surface area contributed by atoms with E-state index in [-0.39, 0.29) is 26.9 Å². The molecule has 2 N–H and O–H groups in total. The van der Waals surface area contributed by atoms with Crippen molar-refractivity contribution in [1.29, 1.82) is 0 Å². The molecule has 2 aromatic carbocycles. The first-order valence-corrected chi connectivity index (χ1v) is 6.43. The number of carbonyl (C=O) groups is 2. The molecule has 0 bridgehead atoms. The van der Waals surface area contributed by atoms with Gasteiger partial charge in [0.1, 0.15) is 5.82 Å². The first-order valence-electron chi connectivity index (χ1n) is 5.67. The standard InChI is InChI=1S/C14H8Cl2FNO3/c15-8-2-3-9(11(17)6-8)13(19)18-12-5-7(14(20)21)1-4-10(12)16/h1-6H,(H,18,19)(H,20,21). The SMILES string of the molecule is O=C(O)c1ccc(Cl)c(NC(=O)c2ccc(Cl)cc2F)c1. The quantitative estimate of drug-likeness (QED) is 0.892. The second-order valence-corrected chi connectivity index (χ2v) is 4.92. The van der Waals surface area contributed by atoms with Crippen LogP contribution < -0.4 is 5.32 Å². The van der Waals surface area contributed by atoms with Gasteiger partial charge in [-0.3, -0.25) is 4.79 Å². The number of amides is 1. The van der Waals surface area contributed by atoms with Crippen LogP contribution in [0, 0.1) is 5.82 Å². The highest BCUT2D eigenvalue weighted by Crippen LogP contribution is 2.24. The number of aromatic carboxylic acids is 1. The van der Waals surface area contributed by atoms with E-state index in [0.717, 1.165) is 6.07 Å². The van der Waals surface area contributed by atoms with Gasteiger partial charge in [0, 0.05) is 5.02 Å². The number of halogens is 3. The summed E-state index contributed by atoms with van der Waals surface area (Å²) < 4.78 is 13.6. The third kappa shape index (κ3) is 3.51. The lowest BCUT2D eigenvalue weighted by Crippen LogP contribution is -2.14. The Morgan fingerprint density at radius 1 is 1.10 bits per heavy atom. The molecule has 0 radical (unpaired) electrons. The van der Waals surface area contributed by atoms with Gasteiger partial charge in [-0.25, -0.2) is 9.18 Å². The van der Waals surface area contributed by atoms with Crippen LogP contribution in [0.2, 0.25) is 10.0 Å². The van der Waals surface area contributed by atoms with E-state index in [1.54, 1.807) is 0 Å². The summed E-state index contributed by atoms with van der Waals surface area (Å²) in [5, 5.41) is 11.6. The molecule has 7 heteroatoms. The molecule has 0 aliphatic carbocycles. The van der Waals surface area contributed by atoms with Gasteiger partial charge >= 0.3 is 5.97 Å². The molecule has 0 spiro atoms. The molecule has 108 valence electrons. The summed E-state index contributed by atoms with van der Waals surface area (Å²) in [6, 6.07) is 7.42. The van der Waals surface area contributed by atoms with Crippen molar-refractivity contribution >= 4 is 40.8 Å². The van der Waals surface area contributed by atoms with Crippen molar-refractivity contribution in [3.05, 3.63) is 63.4 Å². The maximum Gasteiger partial charge on any atom is 0.335 e. The molecule has 0 aliphatic rings. The highest BCUT2D eigenvalue weighted by Gasteiger charge is 2.15. The van der Waals surface area contributed by atoms with Crippen molar-refractivity contribution in [1.82, 2.24) is 0 Å². The third-order valence-electron chi connectivity index (χ3n) is 2.64. The average Bonchev–Trinajstić information content (AvgIpc) is 2.40. The molecule has 0 fully saturated rings. The number of carbonyl (C=O) groups excluding carboxylic acids is 1. The fraction of sp³-hybridized carbons (Fsp3) is 0. The van der Waals surface area contributed by atoms with Crippen LogP contribution in [0.25, 0.3) is 0 Å². The van der Waals surface area contributed by atoms with E-state index in [1.807, 2.05) is 0 Å². The van der Waals surface area contributed by atoms with E-state index in [2.05, 4.69) is 5.32 Å². The Hall–Kier alpha value is -2.11. The van der Waals surface area contributed by atoms with Crippen LogP contribution in [0.5, 0.6) is 0 Å². The Morgan fingerprint density at radius 3 is 2.43 bits per heavy atom. The minimum atomic E-state index is -1.17. The molecule has 0 atom stereocenters. The Balaban J connectivity index is 2.31. The summed E-state index contributed by atoms with van der Waals surface area (Å²) in [5.41, 5.74) is -0.196. The molecule has 0 aliphatic heterocycles. The lowest BCUT2D eigenvalue weighted by atomic mass is 10.1. The minimum absolute atomic E-state index is 0.0497. The van der Waals surface area contributed by atoms with E-state index in [9.17, 15) is 14.0 Å². The van der Waals surface area contributed by atoms with Crippen molar-refractivity contribution in [2.75, 3.05) is 5.32 Å². The monoisotopic (exact) mass is 327 g/mol. The van der Waals surface area contributed by atoms with Crippen LogP contribution in [0.15, 0.2) is 36.4 Å². The zero-order valence-corrected chi connectivity index (χ0v) is 11.9. The summed E-state index contributed by atoms with van der Waals surface area (Å²) >= 11 is 11.5. The molecule has 21 heavy (non-hydrogen) atoms. The Morgan fingerprint density at radius 2 is 1.81 bits per heavy atom. The van der Waals surface area contributed by atoms with Crippen molar-refractivity contribution in [2.45, 2.75) is 0 Å². The summed E-state index contributed by atoms with van der Waals surface area (Å²) in [4.78, 5) is 22.9. The van der Waals surface area contributed by atoms with Gasteiger partial charge < -0.3 is 10.4 Å². The van der Waals surface area contributed by atoms with Crippen LogP contribution in [0.4, 0.5) is 10.1 Å². The van der Waals surface area contributed by atoms with Gasteiger partial charge in [0.05, 0.1) is 21.8 Å². The lowest BCUT2D eigenvalue weighted by Gasteiger charge is -2.09. The van der Waals surface area contributed by atoms with E-state index in [0.29, 0.717) is 0 Å². The van der Waals surface area contributed by atoms with E-state index in [1.165, 1.54) is 30.3 Å². The van der Waals surface area contributed by atoms with Crippen molar-refractivity contribution in [3.8, 4) is 0 Å². The molecule has 0 unspecified atom stereocenters. The molecule has 4 nitrogen and oxygen atoms in total. The number of hydrogen-bond acceptors (Lipinski definition) is 2. The van der Waals surface area contributed by atoms with Gasteiger partial charge in [-0.15, -0.1) is 0 Å². The summed E-state index contributed by atoms with van der Waals surface area (Å²) in [7, 11) is 0. The van der Waals surface area contributed by atoms with E-state index in [4.69, 9.17) is 28.3 Å². The van der Waals surface area contributed by atoms with Gasteiger partial charge in [-0.1, -0.05) is 23.2 Å². The molecule has 2 rings (SSSR count). The number of carboxylic acid groups (broad SMARTS) is 1. The zero-order valence-electron chi connectivity index (χ0n) is 10.4. The van der Waals surface area contributed by atoms with E-state index < -0.39 is 17.7 Å². The number of rotatable bonds is 3. The highest BCUT2D eigenvalue weighted by molar-refractivity contribution is 6.34. The topological polar surface area (TPSA) is 66.4 Å². The second kappa shape index (κ2) is 6.11. The third-order valence-corrected chi connectivity index (χ3v) is 3.20. The normalized spacial score (nSPS) is 10.2. The summed E-state index contributed by atoms with van der Waals surface area (Å²) in [5.74, 6) is -2.71. The largest absolute Gasteiger partial charge is 0.478 e. The number of anilines is 1. The minimum Gasteiger partial charge on any atom is -0.478 e. The highest BCUT2D eigenvalue weighted by atomic mass is 35.5. The van der Waals surface area contributed by atoms with Gasteiger partial charge in [0.25, 0.3) is 5.91 Å². The lowest BCUT2D eigenvalue weighted by molar-refractivity contribution is 0.0696.